The Kier molecular flexibility index (Phi) is 4.13. The molecule has 0 bridgehead atoms. The van der Waals surface area contributed by atoms with Crippen LogP contribution >= 0.6 is 11.9 Å². The third kappa shape index (κ3) is 2.51. The number of hydrogen-bond acceptors (Lipinski definition) is 4. The Bertz CT molecular complexity index is 466. The van der Waals surface area contributed by atoms with E-state index in [-0.39, 0.29) is 11.0 Å². The fraction of sp³-hybridized carbons (Fsp3) is 0.625. The molecule has 3 rings (SSSR count). The molecule has 2 aliphatic rings. The van der Waals surface area contributed by atoms with Crippen LogP contribution in [0, 0.1) is 5.92 Å². The summed E-state index contributed by atoms with van der Waals surface area (Å²) < 4.78 is 9.64. The van der Waals surface area contributed by atoms with Crippen LogP contribution in [0.25, 0.3) is 0 Å². The Balaban J connectivity index is 1.81. The summed E-state index contributed by atoms with van der Waals surface area (Å²) in [6.07, 6.45) is 7.25. The highest BCUT2D eigenvalue weighted by Gasteiger charge is 2.46. The topological polar surface area (TPSA) is 47.3 Å². The highest BCUT2D eigenvalue weighted by molar-refractivity contribution is 8.01. The number of fused-ring (bicyclic) bond motifs is 1. The lowest BCUT2D eigenvalue weighted by molar-refractivity contribution is 0.0856. The van der Waals surface area contributed by atoms with Gasteiger partial charge in [0.25, 0.3) is 0 Å². The minimum Gasteiger partial charge on any atom is -0.474 e. The molecule has 0 spiro atoms. The Morgan fingerprint density at radius 1 is 1.40 bits per heavy atom. The standard InChI is InChI=1S/C16H24N2OS/c1-2-7-12-8-5-6-11-16(12,17)15-19-14-10-4-3-9-13(14)18-20-15/h3-4,9-10,12,15,18H,2,5-8,11,17H2,1H3. The zero-order valence-electron chi connectivity index (χ0n) is 12.1. The fourth-order valence-corrected chi connectivity index (χ4v) is 4.58. The lowest BCUT2D eigenvalue weighted by Crippen LogP contribution is -2.59. The molecule has 0 radical (unpaired) electrons. The van der Waals surface area contributed by atoms with E-state index in [1.54, 1.807) is 11.9 Å². The van der Waals surface area contributed by atoms with Crippen molar-refractivity contribution in [1.82, 2.24) is 0 Å². The molecule has 1 saturated carbocycles. The van der Waals surface area contributed by atoms with E-state index in [0.717, 1.165) is 17.9 Å². The van der Waals surface area contributed by atoms with Gasteiger partial charge in [-0.25, -0.2) is 0 Å². The summed E-state index contributed by atoms with van der Waals surface area (Å²) in [6.45, 7) is 2.25. The van der Waals surface area contributed by atoms with Crippen molar-refractivity contribution in [1.29, 1.82) is 0 Å². The molecule has 1 aliphatic heterocycles. The molecule has 0 amide bonds. The number of nitrogens with two attached hydrogens (primary N) is 1. The van der Waals surface area contributed by atoms with Gasteiger partial charge < -0.3 is 15.2 Å². The van der Waals surface area contributed by atoms with Gasteiger partial charge in [0.1, 0.15) is 5.75 Å². The summed E-state index contributed by atoms with van der Waals surface area (Å²) in [5.41, 5.74) is 7.69. The first-order valence-corrected chi connectivity index (χ1v) is 8.58. The van der Waals surface area contributed by atoms with Crippen LogP contribution in [-0.2, 0) is 0 Å². The summed E-state index contributed by atoms with van der Waals surface area (Å²) in [5, 5.41) is 0. The van der Waals surface area contributed by atoms with E-state index in [1.165, 1.54) is 32.1 Å². The van der Waals surface area contributed by atoms with Crippen LogP contribution in [0.1, 0.15) is 45.4 Å². The van der Waals surface area contributed by atoms with E-state index >= 15 is 0 Å². The Morgan fingerprint density at radius 3 is 3.10 bits per heavy atom. The molecule has 3 nitrogen and oxygen atoms in total. The van der Waals surface area contributed by atoms with Crippen LogP contribution < -0.4 is 15.2 Å². The number of nitrogens with one attached hydrogen (secondary N) is 1. The van der Waals surface area contributed by atoms with Crippen molar-refractivity contribution in [3.63, 3.8) is 0 Å². The number of anilines is 1. The molecule has 3 N–H and O–H groups in total. The molecular formula is C16H24N2OS. The molecule has 0 saturated heterocycles. The lowest BCUT2D eigenvalue weighted by atomic mass is 9.71. The van der Waals surface area contributed by atoms with Crippen molar-refractivity contribution in [2.75, 3.05) is 4.72 Å². The predicted octanol–water partition coefficient (Wildman–Crippen LogP) is 4.15. The minimum absolute atomic E-state index is 0.00856. The normalized spacial score (nSPS) is 32.9. The first-order chi connectivity index (χ1) is 9.74. The van der Waals surface area contributed by atoms with E-state index in [4.69, 9.17) is 10.5 Å². The molecule has 4 heteroatoms. The predicted molar refractivity (Wildman–Crippen MR) is 85.9 cm³/mol. The molecule has 1 aromatic carbocycles. The lowest BCUT2D eigenvalue weighted by Gasteiger charge is -2.47. The van der Waals surface area contributed by atoms with Gasteiger partial charge in [0.05, 0.1) is 11.2 Å². The number of rotatable bonds is 3. The third-order valence-corrected chi connectivity index (χ3v) is 5.73. The second-order valence-corrected chi connectivity index (χ2v) is 6.88. The molecule has 0 aromatic heterocycles. The first kappa shape index (κ1) is 14.1. The monoisotopic (exact) mass is 292 g/mol. The average Bonchev–Trinajstić information content (AvgIpc) is 2.49. The van der Waals surface area contributed by atoms with Crippen molar-refractivity contribution in [3.05, 3.63) is 24.3 Å². The largest absolute Gasteiger partial charge is 0.474 e. The number of ether oxygens (including phenoxy) is 1. The number of para-hydroxylation sites is 2. The molecule has 1 aromatic rings. The van der Waals surface area contributed by atoms with Crippen LogP contribution in [0.3, 0.4) is 0 Å². The van der Waals surface area contributed by atoms with Gasteiger partial charge in [-0.05, 0) is 49.3 Å². The maximum absolute atomic E-state index is 6.84. The second-order valence-electron chi connectivity index (χ2n) is 6.01. The highest BCUT2D eigenvalue weighted by Crippen LogP contribution is 2.45. The second kappa shape index (κ2) is 5.86. The number of benzene rings is 1. The van der Waals surface area contributed by atoms with Crippen LogP contribution in [-0.4, -0.2) is 11.0 Å². The average molecular weight is 292 g/mol. The summed E-state index contributed by atoms with van der Waals surface area (Å²) in [5.74, 6) is 1.51. The highest BCUT2D eigenvalue weighted by atomic mass is 32.2. The van der Waals surface area contributed by atoms with Gasteiger partial charge >= 0.3 is 0 Å². The van der Waals surface area contributed by atoms with Crippen molar-refractivity contribution in [3.8, 4) is 5.75 Å². The van der Waals surface area contributed by atoms with Gasteiger partial charge in [-0.15, -0.1) is 0 Å². The van der Waals surface area contributed by atoms with Gasteiger partial charge in [0, 0.05) is 0 Å². The summed E-state index contributed by atoms with van der Waals surface area (Å²) in [7, 11) is 0. The van der Waals surface area contributed by atoms with E-state index in [0.29, 0.717) is 5.92 Å². The van der Waals surface area contributed by atoms with Crippen molar-refractivity contribution in [2.45, 2.75) is 56.4 Å². The molecule has 20 heavy (non-hydrogen) atoms. The fourth-order valence-electron chi connectivity index (χ4n) is 3.50. The molecule has 3 unspecified atom stereocenters. The summed E-state index contributed by atoms with van der Waals surface area (Å²) in [4.78, 5) is 0. The molecule has 1 aliphatic carbocycles. The van der Waals surface area contributed by atoms with Crippen molar-refractivity contribution >= 4 is 17.6 Å². The Labute approximate surface area is 125 Å². The van der Waals surface area contributed by atoms with Gasteiger partial charge in [-0.1, -0.05) is 38.3 Å². The number of hydrogen-bond donors (Lipinski definition) is 2. The van der Waals surface area contributed by atoms with Crippen LogP contribution in [0.4, 0.5) is 5.69 Å². The Morgan fingerprint density at radius 2 is 2.25 bits per heavy atom. The van der Waals surface area contributed by atoms with E-state index < -0.39 is 0 Å². The summed E-state index contributed by atoms with van der Waals surface area (Å²) >= 11 is 1.64. The van der Waals surface area contributed by atoms with Gasteiger partial charge in [-0.2, -0.15) is 0 Å². The maximum Gasteiger partial charge on any atom is 0.181 e. The smallest absolute Gasteiger partial charge is 0.181 e. The summed E-state index contributed by atoms with van der Waals surface area (Å²) in [6, 6.07) is 8.11. The molecule has 110 valence electrons. The Hall–Kier alpha value is -0.870. The van der Waals surface area contributed by atoms with Gasteiger partial charge in [-0.3, -0.25) is 0 Å². The van der Waals surface area contributed by atoms with Gasteiger partial charge in [0.15, 0.2) is 5.44 Å². The molecular weight excluding hydrogens is 268 g/mol. The first-order valence-electron chi connectivity index (χ1n) is 7.70. The molecule has 3 atom stereocenters. The van der Waals surface area contributed by atoms with Crippen LogP contribution in [0.5, 0.6) is 5.75 Å². The SMILES string of the molecule is CCCC1CCCCC1(N)C1Oc2ccccc2NS1. The zero-order valence-corrected chi connectivity index (χ0v) is 12.9. The van der Waals surface area contributed by atoms with E-state index in [1.807, 2.05) is 24.3 Å². The van der Waals surface area contributed by atoms with Crippen molar-refractivity contribution in [2.24, 2.45) is 11.7 Å². The quantitative estimate of drug-likeness (QED) is 0.822. The third-order valence-electron chi connectivity index (χ3n) is 4.65. The maximum atomic E-state index is 6.84. The van der Waals surface area contributed by atoms with Crippen LogP contribution in [0.2, 0.25) is 0 Å². The molecule has 1 fully saturated rings. The minimum atomic E-state index is -0.209. The van der Waals surface area contributed by atoms with Crippen molar-refractivity contribution < 1.29 is 4.74 Å². The zero-order chi connectivity index (χ0) is 14.0. The van der Waals surface area contributed by atoms with E-state index in [2.05, 4.69) is 11.6 Å². The van der Waals surface area contributed by atoms with E-state index in [9.17, 15) is 0 Å². The molecule has 1 heterocycles. The van der Waals surface area contributed by atoms with Crippen LogP contribution in [0.15, 0.2) is 24.3 Å². The van der Waals surface area contributed by atoms with Gasteiger partial charge in [0.2, 0.25) is 0 Å².